The van der Waals surface area contributed by atoms with Gasteiger partial charge in [-0.05, 0) is 19.2 Å². The molecule has 2 unspecified atom stereocenters. The quantitative estimate of drug-likeness (QED) is 0.495. The maximum absolute atomic E-state index is 8.86. The van der Waals surface area contributed by atoms with Crippen LogP contribution in [-0.4, -0.2) is 29.8 Å². The highest BCUT2D eigenvalue weighted by Crippen LogP contribution is 2.11. The first-order valence-corrected chi connectivity index (χ1v) is 3.96. The van der Waals surface area contributed by atoms with Gasteiger partial charge in [-0.25, -0.2) is 0 Å². The topological polar surface area (TPSA) is 74.1 Å². The molecule has 0 aliphatic heterocycles. The predicted octanol–water partition coefficient (Wildman–Crippen LogP) is -0.405. The minimum absolute atomic E-state index is 0.00926. The number of aliphatic hydroxyl groups is 1. The lowest BCUT2D eigenvalue weighted by molar-refractivity contribution is 0.239. The van der Waals surface area contributed by atoms with Crippen molar-refractivity contribution in [2.75, 3.05) is 13.7 Å². The third kappa shape index (κ3) is 1.85. The molecule has 0 aliphatic carbocycles. The number of nitrogens with two attached hydrogens (primary N) is 1. The average molecular weight is 169 g/mol. The molecule has 4 heteroatoms. The Labute approximate surface area is 71.8 Å². The van der Waals surface area contributed by atoms with E-state index in [0.717, 1.165) is 5.69 Å². The van der Waals surface area contributed by atoms with Crippen molar-refractivity contribution in [2.45, 2.75) is 12.1 Å². The summed E-state index contributed by atoms with van der Waals surface area (Å²) in [4.78, 5) is 3.05. The monoisotopic (exact) mass is 169 g/mol. The van der Waals surface area contributed by atoms with Crippen LogP contribution in [0.5, 0.6) is 0 Å². The summed E-state index contributed by atoms with van der Waals surface area (Å²) in [5.41, 5.74) is 6.69. The van der Waals surface area contributed by atoms with E-state index in [-0.39, 0.29) is 18.7 Å². The van der Waals surface area contributed by atoms with E-state index in [2.05, 4.69) is 10.3 Å². The molecule has 1 heterocycles. The fraction of sp³-hybridized carbons (Fsp3) is 0.500. The van der Waals surface area contributed by atoms with Gasteiger partial charge in [-0.3, -0.25) is 0 Å². The Hall–Kier alpha value is -0.840. The van der Waals surface area contributed by atoms with Crippen LogP contribution in [0.1, 0.15) is 11.7 Å². The van der Waals surface area contributed by atoms with Crippen LogP contribution < -0.4 is 11.1 Å². The molecule has 0 fully saturated rings. The van der Waals surface area contributed by atoms with E-state index < -0.39 is 0 Å². The maximum Gasteiger partial charge on any atom is 0.0646 e. The number of likely N-dealkylation sites (N-methyl/N-ethyl adjacent to an activating group) is 1. The number of aromatic amines is 1. The standard InChI is InChI=1S/C8H15N3O/c1-10-8(6(9)5-12)7-3-2-4-11-7/h2-4,6,8,10-12H,5,9H2,1H3. The third-order valence-electron chi connectivity index (χ3n) is 1.91. The van der Waals surface area contributed by atoms with Gasteiger partial charge in [0.2, 0.25) is 0 Å². The largest absolute Gasteiger partial charge is 0.395 e. The molecule has 0 radical (unpaired) electrons. The molecule has 1 rings (SSSR count). The first-order valence-electron chi connectivity index (χ1n) is 3.96. The molecular weight excluding hydrogens is 154 g/mol. The van der Waals surface area contributed by atoms with Crippen molar-refractivity contribution in [1.29, 1.82) is 0 Å². The number of hydrogen-bond acceptors (Lipinski definition) is 3. The first-order chi connectivity index (χ1) is 5.79. The van der Waals surface area contributed by atoms with Gasteiger partial charge in [0.15, 0.2) is 0 Å². The zero-order valence-electron chi connectivity index (χ0n) is 7.12. The van der Waals surface area contributed by atoms with Crippen LogP contribution in [0.25, 0.3) is 0 Å². The van der Waals surface area contributed by atoms with Crippen molar-refractivity contribution < 1.29 is 5.11 Å². The summed E-state index contributed by atoms with van der Waals surface area (Å²) in [6.07, 6.45) is 1.84. The van der Waals surface area contributed by atoms with Crippen LogP contribution in [-0.2, 0) is 0 Å². The van der Waals surface area contributed by atoms with E-state index in [1.807, 2.05) is 25.4 Å². The molecule has 0 saturated heterocycles. The maximum atomic E-state index is 8.86. The van der Waals surface area contributed by atoms with Gasteiger partial charge in [-0.15, -0.1) is 0 Å². The van der Waals surface area contributed by atoms with E-state index in [9.17, 15) is 0 Å². The third-order valence-corrected chi connectivity index (χ3v) is 1.91. The van der Waals surface area contributed by atoms with Crippen LogP contribution in [0.4, 0.5) is 0 Å². The molecule has 68 valence electrons. The normalized spacial score (nSPS) is 15.9. The molecule has 2 atom stereocenters. The fourth-order valence-corrected chi connectivity index (χ4v) is 1.24. The average Bonchev–Trinajstić information content (AvgIpc) is 2.58. The Bertz CT molecular complexity index is 210. The molecule has 0 spiro atoms. The smallest absolute Gasteiger partial charge is 0.0646 e. The van der Waals surface area contributed by atoms with Gasteiger partial charge in [0.05, 0.1) is 12.6 Å². The van der Waals surface area contributed by atoms with Crippen molar-refractivity contribution in [3.63, 3.8) is 0 Å². The zero-order chi connectivity index (χ0) is 8.97. The lowest BCUT2D eigenvalue weighted by Gasteiger charge is -2.20. The molecule has 0 amide bonds. The number of H-pyrrole nitrogens is 1. The van der Waals surface area contributed by atoms with Crippen LogP contribution >= 0.6 is 0 Å². The predicted molar refractivity (Wildman–Crippen MR) is 47.7 cm³/mol. The SMILES string of the molecule is CNC(c1ccc[nH]1)C(N)CO. The van der Waals surface area contributed by atoms with Crippen molar-refractivity contribution in [3.8, 4) is 0 Å². The van der Waals surface area contributed by atoms with Crippen LogP contribution in [0.15, 0.2) is 18.3 Å². The second-order valence-corrected chi connectivity index (χ2v) is 2.74. The minimum Gasteiger partial charge on any atom is -0.395 e. The van der Waals surface area contributed by atoms with Crippen molar-refractivity contribution in [1.82, 2.24) is 10.3 Å². The molecule has 12 heavy (non-hydrogen) atoms. The molecule has 1 aromatic rings. The number of nitrogens with one attached hydrogen (secondary N) is 2. The summed E-state index contributed by atoms with van der Waals surface area (Å²) in [5, 5.41) is 11.9. The summed E-state index contributed by atoms with van der Waals surface area (Å²) in [6.45, 7) is -0.0233. The second-order valence-electron chi connectivity index (χ2n) is 2.74. The highest BCUT2D eigenvalue weighted by molar-refractivity contribution is 5.11. The van der Waals surface area contributed by atoms with Gasteiger partial charge < -0.3 is 21.1 Å². The molecule has 1 aromatic heterocycles. The number of rotatable bonds is 4. The summed E-state index contributed by atoms with van der Waals surface area (Å²) < 4.78 is 0. The van der Waals surface area contributed by atoms with Crippen molar-refractivity contribution in [3.05, 3.63) is 24.0 Å². The Morgan fingerprint density at radius 1 is 1.75 bits per heavy atom. The van der Waals surface area contributed by atoms with E-state index in [4.69, 9.17) is 10.8 Å². The van der Waals surface area contributed by atoms with E-state index in [1.54, 1.807) is 0 Å². The molecule has 0 aliphatic rings. The highest BCUT2D eigenvalue weighted by atomic mass is 16.3. The fourth-order valence-electron chi connectivity index (χ4n) is 1.24. The first kappa shape index (κ1) is 9.25. The van der Waals surface area contributed by atoms with Crippen LogP contribution in [0, 0.1) is 0 Å². The Balaban J connectivity index is 2.69. The van der Waals surface area contributed by atoms with Crippen LogP contribution in [0.2, 0.25) is 0 Å². The zero-order valence-corrected chi connectivity index (χ0v) is 7.12. The van der Waals surface area contributed by atoms with E-state index in [0.29, 0.717) is 0 Å². The van der Waals surface area contributed by atoms with E-state index in [1.165, 1.54) is 0 Å². The van der Waals surface area contributed by atoms with Gasteiger partial charge in [0.25, 0.3) is 0 Å². The van der Waals surface area contributed by atoms with E-state index >= 15 is 0 Å². The number of hydrogen-bond donors (Lipinski definition) is 4. The lowest BCUT2D eigenvalue weighted by Crippen LogP contribution is -2.39. The van der Waals surface area contributed by atoms with Gasteiger partial charge >= 0.3 is 0 Å². The molecule has 5 N–H and O–H groups in total. The molecular formula is C8H15N3O. The summed E-state index contributed by atoms with van der Waals surface area (Å²) in [7, 11) is 1.82. The Morgan fingerprint density at radius 3 is 2.92 bits per heavy atom. The van der Waals surface area contributed by atoms with Gasteiger partial charge in [-0.1, -0.05) is 0 Å². The summed E-state index contributed by atoms with van der Waals surface area (Å²) in [5.74, 6) is 0. The molecule has 4 nitrogen and oxygen atoms in total. The van der Waals surface area contributed by atoms with Gasteiger partial charge in [0, 0.05) is 17.9 Å². The Morgan fingerprint density at radius 2 is 2.50 bits per heavy atom. The Kier molecular flexibility index (Phi) is 3.28. The summed E-state index contributed by atoms with van der Waals surface area (Å²) in [6, 6.07) is 3.57. The second kappa shape index (κ2) is 4.25. The minimum atomic E-state index is -0.270. The number of aliphatic hydroxyl groups excluding tert-OH is 1. The lowest BCUT2D eigenvalue weighted by atomic mass is 10.1. The highest BCUT2D eigenvalue weighted by Gasteiger charge is 2.17. The molecule has 0 aromatic carbocycles. The summed E-state index contributed by atoms with van der Waals surface area (Å²) >= 11 is 0. The van der Waals surface area contributed by atoms with Gasteiger partial charge in [0.1, 0.15) is 0 Å². The van der Waals surface area contributed by atoms with Gasteiger partial charge in [-0.2, -0.15) is 0 Å². The van der Waals surface area contributed by atoms with Crippen molar-refractivity contribution >= 4 is 0 Å². The van der Waals surface area contributed by atoms with Crippen LogP contribution in [0.3, 0.4) is 0 Å². The number of aromatic nitrogens is 1. The van der Waals surface area contributed by atoms with Crippen molar-refractivity contribution in [2.24, 2.45) is 5.73 Å². The molecule has 0 bridgehead atoms. The molecule has 0 saturated carbocycles.